The van der Waals surface area contributed by atoms with E-state index in [2.05, 4.69) is 30.4 Å². The number of hydrogen-bond acceptors (Lipinski definition) is 8. The van der Waals surface area contributed by atoms with Crippen LogP contribution < -0.4 is 4.90 Å². The summed E-state index contributed by atoms with van der Waals surface area (Å²) < 4.78 is 24.6. The molecule has 2 fully saturated rings. The van der Waals surface area contributed by atoms with E-state index in [-0.39, 0.29) is 6.04 Å². The summed E-state index contributed by atoms with van der Waals surface area (Å²) in [5.41, 5.74) is 0.624. The first-order valence-corrected chi connectivity index (χ1v) is 9.18. The molecule has 0 spiro atoms. The minimum Gasteiger partial charge on any atom is -0.353 e. The summed E-state index contributed by atoms with van der Waals surface area (Å²) in [6.45, 7) is 3.37. The fraction of sp³-hybridized carbons (Fsp3) is 0.667. The highest BCUT2D eigenvalue weighted by atomic mass is 32.2. The van der Waals surface area contributed by atoms with Gasteiger partial charge < -0.3 is 4.90 Å². The van der Waals surface area contributed by atoms with Gasteiger partial charge in [0.25, 0.3) is 0 Å². The lowest BCUT2D eigenvalue weighted by Gasteiger charge is -2.38. The Labute approximate surface area is 127 Å². The molecule has 10 heteroatoms. The Morgan fingerprint density at radius 3 is 2.68 bits per heavy atom. The SMILES string of the molecule is O=S1(=O)CC[C@@H](N2CCN(c3ccc4nnnn4n3)CC2)C1. The Kier molecular flexibility index (Phi) is 3.22. The Bertz CT molecular complexity index is 782. The lowest BCUT2D eigenvalue weighted by molar-refractivity contribution is 0.200. The zero-order valence-electron chi connectivity index (χ0n) is 12.0. The van der Waals surface area contributed by atoms with Crippen molar-refractivity contribution in [1.29, 1.82) is 0 Å². The summed E-state index contributed by atoms with van der Waals surface area (Å²) in [6, 6.07) is 3.95. The van der Waals surface area contributed by atoms with Crippen LogP contribution in [0.2, 0.25) is 0 Å². The Hall–Kier alpha value is -1.81. The van der Waals surface area contributed by atoms with Crippen molar-refractivity contribution in [2.24, 2.45) is 0 Å². The van der Waals surface area contributed by atoms with Crippen LogP contribution in [0.5, 0.6) is 0 Å². The van der Waals surface area contributed by atoms with Gasteiger partial charge >= 0.3 is 0 Å². The van der Waals surface area contributed by atoms with Crippen LogP contribution in [-0.2, 0) is 9.84 Å². The zero-order chi connectivity index (χ0) is 15.2. The van der Waals surface area contributed by atoms with Gasteiger partial charge in [-0.05, 0) is 29.0 Å². The summed E-state index contributed by atoms with van der Waals surface area (Å²) >= 11 is 0. The van der Waals surface area contributed by atoms with Gasteiger partial charge in [0.15, 0.2) is 21.3 Å². The maximum Gasteiger partial charge on any atom is 0.200 e. The lowest BCUT2D eigenvalue weighted by Crippen LogP contribution is -2.51. The van der Waals surface area contributed by atoms with Crippen molar-refractivity contribution in [3.8, 4) is 0 Å². The molecule has 2 aliphatic heterocycles. The van der Waals surface area contributed by atoms with Gasteiger partial charge in [-0.3, -0.25) is 4.90 Å². The molecule has 0 aliphatic carbocycles. The van der Waals surface area contributed by atoms with Gasteiger partial charge in [-0.1, -0.05) is 0 Å². The summed E-state index contributed by atoms with van der Waals surface area (Å²) in [5.74, 6) is 1.48. The van der Waals surface area contributed by atoms with E-state index in [0.717, 1.165) is 38.4 Å². The van der Waals surface area contributed by atoms with Crippen LogP contribution in [0.15, 0.2) is 12.1 Å². The average Bonchev–Trinajstić information content (AvgIpc) is 3.12. The number of rotatable bonds is 2. The minimum atomic E-state index is -2.82. The third-order valence-electron chi connectivity index (χ3n) is 4.42. The molecule has 118 valence electrons. The molecule has 0 aromatic carbocycles. The van der Waals surface area contributed by atoms with Crippen LogP contribution in [0.25, 0.3) is 5.65 Å². The normalized spacial score (nSPS) is 25.8. The Morgan fingerprint density at radius 2 is 1.95 bits per heavy atom. The number of aromatic nitrogens is 5. The monoisotopic (exact) mass is 323 g/mol. The summed E-state index contributed by atoms with van der Waals surface area (Å²) in [4.78, 5) is 4.47. The molecule has 0 N–H and O–H groups in total. The summed E-state index contributed by atoms with van der Waals surface area (Å²) in [5, 5.41) is 15.6. The predicted octanol–water partition coefficient (Wildman–Crippen LogP) is -1.17. The molecule has 0 saturated carbocycles. The van der Waals surface area contributed by atoms with E-state index >= 15 is 0 Å². The molecule has 2 aliphatic rings. The van der Waals surface area contributed by atoms with E-state index in [9.17, 15) is 8.42 Å². The zero-order valence-corrected chi connectivity index (χ0v) is 12.9. The first-order valence-electron chi connectivity index (χ1n) is 7.36. The maximum atomic E-state index is 11.6. The third-order valence-corrected chi connectivity index (χ3v) is 6.17. The second-order valence-electron chi connectivity index (χ2n) is 5.80. The van der Waals surface area contributed by atoms with Crippen LogP contribution in [0, 0.1) is 0 Å². The van der Waals surface area contributed by atoms with Gasteiger partial charge in [0.2, 0.25) is 0 Å². The van der Waals surface area contributed by atoms with Gasteiger partial charge in [0.05, 0.1) is 11.5 Å². The van der Waals surface area contributed by atoms with E-state index < -0.39 is 9.84 Å². The fourth-order valence-electron chi connectivity index (χ4n) is 3.19. The first kappa shape index (κ1) is 13.8. The maximum absolute atomic E-state index is 11.6. The number of anilines is 1. The van der Waals surface area contributed by atoms with E-state index in [1.54, 1.807) is 0 Å². The number of tetrazole rings is 1. The molecule has 1 atom stereocenters. The highest BCUT2D eigenvalue weighted by molar-refractivity contribution is 7.91. The van der Waals surface area contributed by atoms with Crippen molar-refractivity contribution in [3.05, 3.63) is 12.1 Å². The highest BCUT2D eigenvalue weighted by Gasteiger charge is 2.33. The molecule has 0 radical (unpaired) electrons. The van der Waals surface area contributed by atoms with E-state index in [1.807, 2.05) is 12.1 Å². The smallest absolute Gasteiger partial charge is 0.200 e. The van der Waals surface area contributed by atoms with Gasteiger partial charge in [0, 0.05) is 32.2 Å². The van der Waals surface area contributed by atoms with Crippen LogP contribution in [0.3, 0.4) is 0 Å². The van der Waals surface area contributed by atoms with E-state index in [1.165, 1.54) is 4.63 Å². The number of sulfone groups is 1. The van der Waals surface area contributed by atoms with Crippen LogP contribution in [0.1, 0.15) is 6.42 Å². The van der Waals surface area contributed by atoms with E-state index in [4.69, 9.17) is 0 Å². The Morgan fingerprint density at radius 1 is 1.14 bits per heavy atom. The summed E-state index contributed by atoms with van der Waals surface area (Å²) in [7, 11) is -2.82. The van der Waals surface area contributed by atoms with E-state index in [0.29, 0.717) is 17.2 Å². The minimum absolute atomic E-state index is 0.183. The second-order valence-corrected chi connectivity index (χ2v) is 8.03. The Balaban J connectivity index is 1.43. The number of hydrogen-bond donors (Lipinski definition) is 0. The highest BCUT2D eigenvalue weighted by Crippen LogP contribution is 2.21. The molecular formula is C12H17N7O2S. The first-order chi connectivity index (χ1) is 10.6. The molecule has 0 unspecified atom stereocenters. The lowest BCUT2D eigenvalue weighted by atomic mass is 10.2. The van der Waals surface area contributed by atoms with Crippen molar-refractivity contribution in [2.45, 2.75) is 12.5 Å². The molecule has 0 bridgehead atoms. The van der Waals surface area contributed by atoms with Crippen molar-refractivity contribution in [2.75, 3.05) is 42.6 Å². The number of nitrogens with zero attached hydrogens (tertiary/aromatic N) is 7. The van der Waals surface area contributed by atoms with Gasteiger partial charge in [0.1, 0.15) is 0 Å². The molecule has 2 aromatic heterocycles. The second kappa shape index (κ2) is 5.13. The average molecular weight is 323 g/mol. The van der Waals surface area contributed by atoms with Crippen LogP contribution >= 0.6 is 0 Å². The van der Waals surface area contributed by atoms with Crippen LogP contribution in [0.4, 0.5) is 5.82 Å². The van der Waals surface area contributed by atoms with Crippen molar-refractivity contribution >= 4 is 21.3 Å². The molecule has 2 saturated heterocycles. The van der Waals surface area contributed by atoms with Crippen LogP contribution in [-0.4, -0.2) is 82.3 Å². The molecule has 9 nitrogen and oxygen atoms in total. The number of piperazine rings is 1. The van der Waals surface area contributed by atoms with Crippen molar-refractivity contribution in [3.63, 3.8) is 0 Å². The molecular weight excluding hydrogens is 306 g/mol. The predicted molar refractivity (Wildman–Crippen MR) is 79.4 cm³/mol. The molecule has 2 aromatic rings. The van der Waals surface area contributed by atoms with Gasteiger partial charge in [-0.2, -0.15) is 0 Å². The molecule has 22 heavy (non-hydrogen) atoms. The van der Waals surface area contributed by atoms with Gasteiger partial charge in [-0.15, -0.1) is 14.8 Å². The summed E-state index contributed by atoms with van der Waals surface area (Å²) in [6.07, 6.45) is 0.761. The standard InChI is InChI=1S/C12H17N7O2S/c20-22(21)8-3-10(9-22)17-4-6-18(7-5-17)12-2-1-11-13-15-16-19(11)14-12/h1-2,10H,3-9H2/t10-/m1/s1. The largest absolute Gasteiger partial charge is 0.353 e. The molecule has 4 rings (SSSR count). The molecule has 4 heterocycles. The molecule has 0 amide bonds. The van der Waals surface area contributed by atoms with Gasteiger partial charge in [-0.25, -0.2) is 8.42 Å². The topological polar surface area (TPSA) is 96.6 Å². The van der Waals surface area contributed by atoms with Crippen molar-refractivity contribution in [1.82, 2.24) is 30.2 Å². The van der Waals surface area contributed by atoms with Crippen molar-refractivity contribution < 1.29 is 8.42 Å². The number of fused-ring (bicyclic) bond motifs is 1. The fourth-order valence-corrected chi connectivity index (χ4v) is 4.95. The quantitative estimate of drug-likeness (QED) is 0.682. The third kappa shape index (κ3) is 2.52.